The van der Waals surface area contributed by atoms with E-state index in [1.807, 2.05) is 61.4 Å². The molecule has 0 amide bonds. The maximum absolute atomic E-state index is 11.8. The molecule has 1 aromatic carbocycles. The molecule has 0 N–H and O–H groups in total. The van der Waals surface area contributed by atoms with Crippen molar-refractivity contribution in [1.82, 2.24) is 4.90 Å². The molecular weight excluding hydrogens is 300 g/mol. The average Bonchev–Trinajstić information content (AvgIpc) is 2.46. The number of hydrogen-bond acceptors (Lipinski definition) is 4. The minimum atomic E-state index is -3.37. The lowest BCUT2D eigenvalue weighted by molar-refractivity contribution is 0.242. The first-order chi connectivity index (χ1) is 10.4. The number of amidine groups is 1. The van der Waals surface area contributed by atoms with Gasteiger partial charge in [-0.25, -0.2) is 8.42 Å². The molecule has 2 heterocycles. The van der Waals surface area contributed by atoms with Crippen LogP contribution in [0, 0.1) is 0 Å². The molecule has 6 heteroatoms. The van der Waals surface area contributed by atoms with E-state index in [0.29, 0.717) is 12.4 Å². The van der Waals surface area contributed by atoms with Crippen molar-refractivity contribution < 1.29 is 13.2 Å². The standard InChI is InChI=1S/C16H18N2O3S/c1-12(2)21-14-7-5-13(6-8-14)15-4-3-9-18-10-11-22(19,20)17-16(15)18/h3-9,12H,10-11H2,1-2H3. The molecule has 22 heavy (non-hydrogen) atoms. The molecular formula is C16H18N2O3S. The van der Waals surface area contributed by atoms with E-state index in [9.17, 15) is 8.42 Å². The molecule has 0 aromatic heterocycles. The van der Waals surface area contributed by atoms with Crippen LogP contribution in [0.1, 0.15) is 19.4 Å². The van der Waals surface area contributed by atoms with Crippen LogP contribution < -0.4 is 4.74 Å². The maximum Gasteiger partial charge on any atom is 0.256 e. The van der Waals surface area contributed by atoms with Gasteiger partial charge in [-0.1, -0.05) is 12.1 Å². The van der Waals surface area contributed by atoms with Gasteiger partial charge in [-0.3, -0.25) is 0 Å². The third-order valence-corrected chi connectivity index (χ3v) is 4.54. The highest BCUT2D eigenvalue weighted by molar-refractivity contribution is 7.90. The van der Waals surface area contributed by atoms with E-state index in [4.69, 9.17) is 4.74 Å². The van der Waals surface area contributed by atoms with E-state index < -0.39 is 10.0 Å². The Labute approximate surface area is 130 Å². The maximum atomic E-state index is 11.8. The Hall–Kier alpha value is -2.08. The quantitative estimate of drug-likeness (QED) is 0.859. The first kappa shape index (κ1) is 14.8. The highest BCUT2D eigenvalue weighted by atomic mass is 32.2. The third-order valence-electron chi connectivity index (χ3n) is 3.39. The van der Waals surface area contributed by atoms with E-state index in [-0.39, 0.29) is 11.9 Å². The highest BCUT2D eigenvalue weighted by Gasteiger charge is 2.27. The van der Waals surface area contributed by atoms with Crippen molar-refractivity contribution in [2.75, 3.05) is 12.3 Å². The summed E-state index contributed by atoms with van der Waals surface area (Å²) >= 11 is 0. The van der Waals surface area contributed by atoms with E-state index in [1.54, 1.807) is 0 Å². The van der Waals surface area contributed by atoms with Gasteiger partial charge in [0, 0.05) is 18.3 Å². The van der Waals surface area contributed by atoms with Crippen LogP contribution in [-0.2, 0) is 10.0 Å². The van der Waals surface area contributed by atoms with E-state index >= 15 is 0 Å². The first-order valence-corrected chi connectivity index (χ1v) is 8.81. The summed E-state index contributed by atoms with van der Waals surface area (Å²) in [6, 6.07) is 7.61. The zero-order valence-corrected chi connectivity index (χ0v) is 13.4. The molecule has 0 unspecified atom stereocenters. The predicted molar refractivity (Wildman–Crippen MR) is 87.3 cm³/mol. The van der Waals surface area contributed by atoms with Gasteiger partial charge in [0.25, 0.3) is 10.0 Å². The lowest BCUT2D eigenvalue weighted by Crippen LogP contribution is -2.37. The molecule has 2 aliphatic rings. The Morgan fingerprint density at radius 1 is 1.23 bits per heavy atom. The summed E-state index contributed by atoms with van der Waals surface area (Å²) in [5.41, 5.74) is 1.73. The number of ether oxygens (including phenoxy) is 1. The number of fused-ring (bicyclic) bond motifs is 1. The van der Waals surface area contributed by atoms with Crippen molar-refractivity contribution in [3.8, 4) is 5.75 Å². The van der Waals surface area contributed by atoms with Gasteiger partial charge in [0.2, 0.25) is 0 Å². The van der Waals surface area contributed by atoms with Crippen LogP contribution in [0.15, 0.2) is 47.0 Å². The predicted octanol–water partition coefficient (Wildman–Crippen LogP) is 2.43. The topological polar surface area (TPSA) is 59.0 Å². The Bertz CT molecular complexity index is 759. The second-order valence-corrected chi connectivity index (χ2v) is 7.26. The third kappa shape index (κ3) is 3.06. The summed E-state index contributed by atoms with van der Waals surface area (Å²) < 4.78 is 33.1. The fourth-order valence-corrected chi connectivity index (χ4v) is 3.41. The van der Waals surface area contributed by atoms with Gasteiger partial charge < -0.3 is 9.64 Å². The fourth-order valence-electron chi connectivity index (χ4n) is 2.43. The molecule has 116 valence electrons. The minimum absolute atomic E-state index is 0.0509. The van der Waals surface area contributed by atoms with Crippen molar-refractivity contribution in [3.05, 3.63) is 48.2 Å². The van der Waals surface area contributed by atoms with Crippen LogP contribution in [0.25, 0.3) is 5.57 Å². The number of hydrogen-bond donors (Lipinski definition) is 0. The first-order valence-electron chi connectivity index (χ1n) is 7.20. The number of nitrogens with zero attached hydrogens (tertiary/aromatic N) is 2. The lowest BCUT2D eigenvalue weighted by Gasteiger charge is -2.29. The fraction of sp³-hybridized carbons (Fsp3) is 0.312. The molecule has 0 fully saturated rings. The molecule has 0 spiro atoms. The van der Waals surface area contributed by atoms with Gasteiger partial charge in [-0.05, 0) is 43.7 Å². The van der Waals surface area contributed by atoms with Gasteiger partial charge in [-0.15, -0.1) is 4.40 Å². The van der Waals surface area contributed by atoms with Crippen LogP contribution in [0.2, 0.25) is 0 Å². The molecule has 3 rings (SSSR count). The number of benzene rings is 1. The molecule has 0 atom stereocenters. The summed E-state index contributed by atoms with van der Waals surface area (Å²) in [6.45, 7) is 4.38. The molecule has 1 aromatic rings. The monoisotopic (exact) mass is 318 g/mol. The zero-order chi connectivity index (χ0) is 15.7. The normalized spacial score (nSPS) is 19.5. The number of sulfonamides is 1. The second-order valence-electron chi connectivity index (χ2n) is 5.51. The second kappa shape index (κ2) is 5.61. The summed E-state index contributed by atoms with van der Waals surface area (Å²) in [7, 11) is -3.37. The van der Waals surface area contributed by atoms with Crippen LogP contribution in [0.5, 0.6) is 5.75 Å². The smallest absolute Gasteiger partial charge is 0.256 e. The molecule has 0 radical (unpaired) electrons. The summed E-state index contributed by atoms with van der Waals surface area (Å²) in [6.07, 6.45) is 5.76. The van der Waals surface area contributed by atoms with E-state index in [1.165, 1.54) is 0 Å². The van der Waals surface area contributed by atoms with Crippen molar-refractivity contribution in [1.29, 1.82) is 0 Å². The largest absolute Gasteiger partial charge is 0.491 e. The van der Waals surface area contributed by atoms with Gasteiger partial charge in [0.05, 0.1) is 11.9 Å². The van der Waals surface area contributed by atoms with E-state index in [2.05, 4.69) is 4.40 Å². The van der Waals surface area contributed by atoms with E-state index in [0.717, 1.165) is 16.9 Å². The minimum Gasteiger partial charge on any atom is -0.491 e. The van der Waals surface area contributed by atoms with Crippen LogP contribution in [-0.4, -0.2) is 37.6 Å². The zero-order valence-electron chi connectivity index (χ0n) is 12.6. The molecule has 0 aliphatic carbocycles. The highest BCUT2D eigenvalue weighted by Crippen LogP contribution is 2.27. The average molecular weight is 318 g/mol. The summed E-state index contributed by atoms with van der Waals surface area (Å²) in [5.74, 6) is 1.34. The summed E-state index contributed by atoms with van der Waals surface area (Å²) in [4.78, 5) is 1.87. The number of rotatable bonds is 3. The van der Waals surface area contributed by atoms with Gasteiger partial charge in [0.1, 0.15) is 5.75 Å². The molecule has 0 saturated heterocycles. The van der Waals surface area contributed by atoms with Crippen molar-refractivity contribution in [2.24, 2.45) is 4.40 Å². The Balaban J connectivity index is 1.95. The van der Waals surface area contributed by atoms with Gasteiger partial charge in [0.15, 0.2) is 5.84 Å². The van der Waals surface area contributed by atoms with Crippen molar-refractivity contribution in [3.63, 3.8) is 0 Å². The Kier molecular flexibility index (Phi) is 3.78. The molecule has 2 aliphatic heterocycles. The van der Waals surface area contributed by atoms with Crippen LogP contribution in [0.3, 0.4) is 0 Å². The van der Waals surface area contributed by atoms with Crippen LogP contribution >= 0.6 is 0 Å². The van der Waals surface area contributed by atoms with Crippen molar-refractivity contribution in [2.45, 2.75) is 20.0 Å². The van der Waals surface area contributed by atoms with Gasteiger partial charge in [-0.2, -0.15) is 0 Å². The Morgan fingerprint density at radius 2 is 1.95 bits per heavy atom. The van der Waals surface area contributed by atoms with Gasteiger partial charge >= 0.3 is 0 Å². The molecule has 0 bridgehead atoms. The SMILES string of the molecule is CC(C)Oc1ccc(C2=CC=CN3CCS(=O)(=O)N=C23)cc1. The molecule has 0 saturated carbocycles. The van der Waals surface area contributed by atoms with Crippen molar-refractivity contribution >= 4 is 21.4 Å². The Morgan fingerprint density at radius 3 is 2.64 bits per heavy atom. The molecule has 5 nitrogen and oxygen atoms in total. The number of allylic oxidation sites excluding steroid dienone is 2. The lowest BCUT2D eigenvalue weighted by atomic mass is 10.0. The van der Waals surface area contributed by atoms with Crippen LogP contribution in [0.4, 0.5) is 0 Å². The summed E-state index contributed by atoms with van der Waals surface area (Å²) in [5, 5.41) is 0.